The van der Waals surface area contributed by atoms with Crippen LogP contribution < -0.4 is 5.32 Å². The third-order valence-electron chi connectivity index (χ3n) is 5.76. The largest absolute Gasteiger partial charge is 0.490 e. The van der Waals surface area contributed by atoms with Gasteiger partial charge in [-0.3, -0.25) is 4.79 Å². The number of carbonyl (C=O) groups is 2. The minimum atomic E-state index is -5.08. The number of hydrogen-bond acceptors (Lipinski definition) is 9. The molecule has 2 N–H and O–H groups in total. The Morgan fingerprint density at radius 1 is 1.12 bits per heavy atom. The van der Waals surface area contributed by atoms with E-state index in [0.29, 0.717) is 12.4 Å². The zero-order valence-electron chi connectivity index (χ0n) is 22.2. The van der Waals surface area contributed by atoms with Gasteiger partial charge in [0, 0.05) is 46.4 Å². The van der Waals surface area contributed by atoms with Crippen molar-refractivity contribution in [2.24, 2.45) is 0 Å². The molecular formula is C26H24F3N7O4S. The zero-order valence-corrected chi connectivity index (χ0v) is 23.0. The van der Waals surface area contributed by atoms with Gasteiger partial charge in [-0.1, -0.05) is 38.1 Å². The SMILES string of the molecule is Cc1cc(-c2ncnn3cc(-c4cnsc4)cc23)ccc1CNC(=O)c1nc(C(C)(C)C)no1.O=C(O)C(F)(F)F. The quantitative estimate of drug-likeness (QED) is 0.287. The Balaban J connectivity index is 0.000000493. The van der Waals surface area contributed by atoms with Crippen LogP contribution in [-0.4, -0.2) is 52.3 Å². The standard InChI is InChI=1S/C24H23N7O2S.C2HF3O2/c1-14-7-15(20-19-8-17(18-10-28-34-12-18)11-31(19)27-13-26-20)5-6-16(14)9-25-21(32)22-29-23(30-33-22)24(2,3)4;3-2(4,5)1(6)7/h5-8,10-13H,9H2,1-4H3,(H,25,32);(H,6,7). The maximum absolute atomic E-state index is 12.5. The number of amides is 1. The molecule has 4 heterocycles. The van der Waals surface area contributed by atoms with E-state index in [0.717, 1.165) is 39.0 Å². The molecule has 5 aromatic rings. The van der Waals surface area contributed by atoms with Crippen LogP contribution in [0.15, 0.2) is 52.9 Å². The van der Waals surface area contributed by atoms with Crippen molar-refractivity contribution in [1.82, 2.24) is 34.4 Å². The molecule has 15 heteroatoms. The van der Waals surface area contributed by atoms with Gasteiger partial charge in [-0.05, 0) is 41.7 Å². The van der Waals surface area contributed by atoms with Crippen molar-refractivity contribution in [2.45, 2.75) is 45.8 Å². The first-order valence-electron chi connectivity index (χ1n) is 12.0. The molecule has 0 bridgehead atoms. The lowest BCUT2D eigenvalue weighted by atomic mass is 9.96. The van der Waals surface area contributed by atoms with E-state index in [1.165, 1.54) is 11.5 Å². The summed E-state index contributed by atoms with van der Waals surface area (Å²) in [6, 6.07) is 8.12. The molecule has 5 rings (SSSR count). The van der Waals surface area contributed by atoms with Gasteiger partial charge in [0.1, 0.15) is 6.33 Å². The summed E-state index contributed by atoms with van der Waals surface area (Å²) < 4.78 is 42.9. The number of hydrogen-bond donors (Lipinski definition) is 2. The van der Waals surface area contributed by atoms with Gasteiger partial charge < -0.3 is 14.9 Å². The number of nitrogens with one attached hydrogen (secondary N) is 1. The summed E-state index contributed by atoms with van der Waals surface area (Å²) in [7, 11) is 0. The molecule has 0 saturated heterocycles. The Morgan fingerprint density at radius 3 is 2.44 bits per heavy atom. The molecule has 0 atom stereocenters. The van der Waals surface area contributed by atoms with Gasteiger partial charge in [0.15, 0.2) is 5.82 Å². The highest BCUT2D eigenvalue weighted by molar-refractivity contribution is 7.03. The Morgan fingerprint density at radius 2 is 1.85 bits per heavy atom. The summed E-state index contributed by atoms with van der Waals surface area (Å²) in [6.07, 6.45) is 0.291. The number of benzene rings is 1. The third kappa shape index (κ3) is 6.92. The van der Waals surface area contributed by atoms with Crippen LogP contribution in [0.1, 0.15) is 48.4 Å². The van der Waals surface area contributed by atoms with E-state index in [-0.39, 0.29) is 11.3 Å². The molecule has 41 heavy (non-hydrogen) atoms. The number of rotatable bonds is 5. The van der Waals surface area contributed by atoms with Gasteiger partial charge in [0.2, 0.25) is 0 Å². The van der Waals surface area contributed by atoms with Crippen LogP contribution in [0.25, 0.3) is 27.9 Å². The van der Waals surface area contributed by atoms with Gasteiger partial charge in [-0.15, -0.1) is 0 Å². The van der Waals surface area contributed by atoms with Gasteiger partial charge in [0.25, 0.3) is 0 Å². The highest BCUT2D eigenvalue weighted by atomic mass is 32.1. The molecule has 0 aliphatic heterocycles. The Bertz CT molecular complexity index is 1690. The normalized spacial score (nSPS) is 11.7. The predicted octanol–water partition coefficient (Wildman–Crippen LogP) is 5.07. The number of fused-ring (bicyclic) bond motifs is 1. The Labute approximate surface area is 235 Å². The fraction of sp³-hybridized carbons (Fsp3) is 0.269. The summed E-state index contributed by atoms with van der Waals surface area (Å²) in [6.45, 7) is 8.24. The highest BCUT2D eigenvalue weighted by Gasteiger charge is 2.38. The van der Waals surface area contributed by atoms with Gasteiger partial charge >= 0.3 is 23.9 Å². The van der Waals surface area contributed by atoms with Crippen molar-refractivity contribution in [2.75, 3.05) is 0 Å². The smallest absolute Gasteiger partial charge is 0.475 e. The van der Waals surface area contributed by atoms with Crippen molar-refractivity contribution in [3.63, 3.8) is 0 Å². The van der Waals surface area contributed by atoms with Crippen molar-refractivity contribution in [3.05, 3.63) is 71.2 Å². The molecule has 0 fully saturated rings. The van der Waals surface area contributed by atoms with E-state index in [1.54, 1.807) is 6.33 Å². The number of carboxylic acid groups (broad SMARTS) is 1. The van der Waals surface area contributed by atoms with E-state index in [9.17, 15) is 18.0 Å². The van der Waals surface area contributed by atoms with E-state index >= 15 is 0 Å². The van der Waals surface area contributed by atoms with Crippen molar-refractivity contribution in [1.29, 1.82) is 0 Å². The van der Waals surface area contributed by atoms with Gasteiger partial charge in [-0.2, -0.15) is 23.3 Å². The summed E-state index contributed by atoms with van der Waals surface area (Å²) in [5, 5.41) is 20.2. The molecule has 0 aliphatic rings. The minimum Gasteiger partial charge on any atom is -0.475 e. The number of aliphatic carboxylic acids is 1. The first-order chi connectivity index (χ1) is 19.2. The molecule has 4 aromatic heterocycles. The lowest BCUT2D eigenvalue weighted by Gasteiger charge is -2.11. The fourth-order valence-corrected chi connectivity index (χ4v) is 4.12. The predicted molar refractivity (Wildman–Crippen MR) is 142 cm³/mol. The molecule has 0 radical (unpaired) electrons. The Hall–Kier alpha value is -4.66. The summed E-state index contributed by atoms with van der Waals surface area (Å²) >= 11 is 1.42. The first kappa shape index (κ1) is 29.3. The number of halogens is 3. The summed E-state index contributed by atoms with van der Waals surface area (Å²) in [5.41, 5.74) is 6.55. The average Bonchev–Trinajstić information content (AvgIpc) is 3.67. The van der Waals surface area contributed by atoms with Crippen LogP contribution in [0.3, 0.4) is 0 Å². The third-order valence-corrected chi connectivity index (χ3v) is 6.35. The molecule has 1 amide bonds. The van der Waals surface area contributed by atoms with E-state index in [4.69, 9.17) is 14.4 Å². The second kappa shape index (κ2) is 11.4. The van der Waals surface area contributed by atoms with Gasteiger partial charge in [-0.25, -0.2) is 18.7 Å². The highest BCUT2D eigenvalue weighted by Crippen LogP contribution is 2.29. The van der Waals surface area contributed by atoms with E-state index in [1.807, 2.05) is 62.1 Å². The lowest BCUT2D eigenvalue weighted by Crippen LogP contribution is -2.24. The number of aryl methyl sites for hydroxylation is 1. The van der Waals surface area contributed by atoms with Crippen molar-refractivity contribution >= 4 is 28.9 Å². The van der Waals surface area contributed by atoms with Crippen molar-refractivity contribution < 1.29 is 32.4 Å². The number of carboxylic acids is 1. The fourth-order valence-electron chi connectivity index (χ4n) is 3.57. The molecule has 0 spiro atoms. The zero-order chi connectivity index (χ0) is 29.9. The maximum atomic E-state index is 12.5. The number of alkyl halides is 3. The molecule has 214 valence electrons. The van der Waals surface area contributed by atoms with Crippen molar-refractivity contribution in [3.8, 4) is 22.4 Å². The molecule has 0 saturated carbocycles. The maximum Gasteiger partial charge on any atom is 0.490 e. The van der Waals surface area contributed by atoms with Crippen LogP contribution in [0.4, 0.5) is 13.2 Å². The van der Waals surface area contributed by atoms with Crippen LogP contribution in [-0.2, 0) is 16.8 Å². The first-order valence-corrected chi connectivity index (χ1v) is 12.8. The van der Waals surface area contributed by atoms with E-state index in [2.05, 4.69) is 42.0 Å². The topological polar surface area (TPSA) is 148 Å². The van der Waals surface area contributed by atoms with Gasteiger partial charge in [0.05, 0.1) is 11.2 Å². The second-order valence-corrected chi connectivity index (χ2v) is 10.5. The molecule has 11 nitrogen and oxygen atoms in total. The molecule has 0 unspecified atom stereocenters. The average molecular weight is 588 g/mol. The van der Waals surface area contributed by atoms with Crippen LogP contribution in [0, 0.1) is 6.92 Å². The Kier molecular flexibility index (Phi) is 8.19. The second-order valence-electron chi connectivity index (χ2n) is 9.88. The lowest BCUT2D eigenvalue weighted by molar-refractivity contribution is -0.192. The number of nitrogens with zero attached hydrogens (tertiary/aromatic N) is 6. The summed E-state index contributed by atoms with van der Waals surface area (Å²) in [4.78, 5) is 30.1. The van der Waals surface area contributed by atoms with E-state index < -0.39 is 18.1 Å². The van der Waals surface area contributed by atoms with Crippen LogP contribution in [0.5, 0.6) is 0 Å². The van der Waals surface area contributed by atoms with Crippen LogP contribution >= 0.6 is 11.5 Å². The number of carbonyl (C=O) groups excluding carboxylic acids is 1. The van der Waals surface area contributed by atoms with Crippen LogP contribution in [0.2, 0.25) is 0 Å². The molecular weight excluding hydrogens is 563 g/mol. The molecule has 1 aromatic carbocycles. The molecule has 0 aliphatic carbocycles. The minimum absolute atomic E-state index is 0.0348. The summed E-state index contributed by atoms with van der Waals surface area (Å²) in [5.74, 6) is -2.69. The monoisotopic (exact) mass is 587 g/mol. The number of aromatic nitrogens is 6.